The smallest absolute Gasteiger partial charge is 0.238 e. The van der Waals surface area contributed by atoms with Gasteiger partial charge in [-0.2, -0.15) is 4.31 Å². The second-order valence-electron chi connectivity index (χ2n) is 7.19. The van der Waals surface area contributed by atoms with Crippen LogP contribution in [0, 0.1) is 0 Å². The molecule has 2 fully saturated rings. The molecule has 9 heteroatoms. The predicted octanol–water partition coefficient (Wildman–Crippen LogP) is 1.01. The molecule has 0 aromatic heterocycles. The maximum atomic E-state index is 12.8. The maximum absolute atomic E-state index is 12.8. The Hall–Kier alpha value is -0.670. The molecule has 1 heterocycles. The highest BCUT2D eigenvalue weighted by Crippen LogP contribution is 2.24. The second-order valence-corrected chi connectivity index (χ2v) is 11.4. The van der Waals surface area contributed by atoms with E-state index in [0.717, 1.165) is 44.8 Å². The standard InChI is InChI=1S/C16H30N2O5S2/c1-3-17(15-10-11-25(22,23)13-15)16(19)12-18(24(2,20)21)14-8-6-4-5-7-9-14/h14-15H,3-13H2,1-2H3. The lowest BCUT2D eigenvalue weighted by atomic mass is 10.1. The van der Waals surface area contributed by atoms with Crippen LogP contribution in [0.3, 0.4) is 0 Å². The van der Waals surface area contributed by atoms with Gasteiger partial charge in [0.15, 0.2) is 9.84 Å². The van der Waals surface area contributed by atoms with Gasteiger partial charge in [-0.25, -0.2) is 16.8 Å². The zero-order valence-electron chi connectivity index (χ0n) is 15.2. The number of hydrogen-bond acceptors (Lipinski definition) is 5. The van der Waals surface area contributed by atoms with Gasteiger partial charge < -0.3 is 4.90 Å². The molecule has 1 aliphatic heterocycles. The Balaban J connectivity index is 2.12. The fraction of sp³-hybridized carbons (Fsp3) is 0.938. The van der Waals surface area contributed by atoms with Crippen LogP contribution in [0.25, 0.3) is 0 Å². The number of nitrogens with zero attached hydrogens (tertiary/aromatic N) is 2. The fourth-order valence-corrected chi connectivity index (χ4v) is 6.77. The summed E-state index contributed by atoms with van der Waals surface area (Å²) in [5.74, 6) is -0.214. The molecule has 7 nitrogen and oxygen atoms in total. The highest BCUT2D eigenvalue weighted by atomic mass is 32.2. The molecule has 0 aromatic rings. The van der Waals surface area contributed by atoms with Crippen molar-refractivity contribution in [1.82, 2.24) is 9.21 Å². The van der Waals surface area contributed by atoms with E-state index in [1.807, 2.05) is 0 Å². The minimum atomic E-state index is -3.50. The average molecular weight is 395 g/mol. The van der Waals surface area contributed by atoms with Crippen molar-refractivity contribution >= 4 is 25.8 Å². The van der Waals surface area contributed by atoms with E-state index >= 15 is 0 Å². The number of sulfonamides is 1. The third-order valence-corrected chi connectivity index (χ3v) is 8.29. The van der Waals surface area contributed by atoms with E-state index in [0.29, 0.717) is 13.0 Å². The summed E-state index contributed by atoms with van der Waals surface area (Å²) in [5.41, 5.74) is 0. The third kappa shape index (κ3) is 5.65. The summed E-state index contributed by atoms with van der Waals surface area (Å²) in [6, 6.07) is -0.467. The molecule has 0 aromatic carbocycles. The van der Waals surface area contributed by atoms with Crippen LogP contribution < -0.4 is 0 Å². The lowest BCUT2D eigenvalue weighted by molar-refractivity contribution is -0.133. The maximum Gasteiger partial charge on any atom is 0.238 e. The number of rotatable bonds is 6. The number of hydrogen-bond donors (Lipinski definition) is 0. The molecule has 2 aliphatic rings. The van der Waals surface area contributed by atoms with Crippen molar-refractivity contribution in [1.29, 1.82) is 0 Å². The van der Waals surface area contributed by atoms with E-state index < -0.39 is 19.9 Å². The fourth-order valence-electron chi connectivity index (χ4n) is 3.95. The van der Waals surface area contributed by atoms with Gasteiger partial charge in [0.05, 0.1) is 24.3 Å². The van der Waals surface area contributed by atoms with Crippen molar-refractivity contribution in [3.63, 3.8) is 0 Å². The topological polar surface area (TPSA) is 91.8 Å². The van der Waals surface area contributed by atoms with Gasteiger partial charge in [0, 0.05) is 18.6 Å². The molecular formula is C16H30N2O5S2. The summed E-state index contributed by atoms with van der Waals surface area (Å²) in [6.45, 7) is 2.01. The molecule has 0 N–H and O–H groups in total. The van der Waals surface area contributed by atoms with Gasteiger partial charge in [-0.05, 0) is 26.2 Å². The Labute approximate surface area is 151 Å². The minimum absolute atomic E-state index is 0.0190. The van der Waals surface area contributed by atoms with E-state index in [2.05, 4.69) is 0 Å². The average Bonchev–Trinajstić information content (AvgIpc) is 2.73. The number of sulfone groups is 1. The number of amides is 1. The normalized spacial score (nSPS) is 25.0. The molecule has 0 bridgehead atoms. The van der Waals surface area contributed by atoms with Crippen LogP contribution in [0.5, 0.6) is 0 Å². The molecule has 1 saturated carbocycles. The monoisotopic (exact) mass is 394 g/mol. The van der Waals surface area contributed by atoms with E-state index in [-0.39, 0.29) is 36.0 Å². The Morgan fingerprint density at radius 1 is 1.04 bits per heavy atom. The van der Waals surface area contributed by atoms with Gasteiger partial charge in [-0.1, -0.05) is 25.7 Å². The number of carbonyl (C=O) groups is 1. The van der Waals surface area contributed by atoms with E-state index in [4.69, 9.17) is 0 Å². The number of likely N-dealkylation sites (N-methyl/N-ethyl adjacent to an activating group) is 1. The first kappa shape index (κ1) is 20.6. The molecular weight excluding hydrogens is 364 g/mol. The first-order valence-corrected chi connectivity index (χ1v) is 12.8. The van der Waals surface area contributed by atoms with Crippen LogP contribution in [-0.2, 0) is 24.7 Å². The Morgan fingerprint density at radius 2 is 1.64 bits per heavy atom. The van der Waals surface area contributed by atoms with Crippen LogP contribution >= 0.6 is 0 Å². The van der Waals surface area contributed by atoms with E-state index in [1.165, 1.54) is 4.31 Å². The van der Waals surface area contributed by atoms with Crippen LogP contribution in [0.4, 0.5) is 0 Å². The van der Waals surface area contributed by atoms with Gasteiger partial charge >= 0.3 is 0 Å². The quantitative estimate of drug-likeness (QED) is 0.627. The summed E-state index contributed by atoms with van der Waals surface area (Å²) in [4.78, 5) is 14.3. The molecule has 146 valence electrons. The van der Waals surface area contributed by atoms with Gasteiger partial charge in [0.2, 0.25) is 15.9 Å². The van der Waals surface area contributed by atoms with Crippen LogP contribution in [-0.4, -0.2) is 74.9 Å². The zero-order valence-corrected chi connectivity index (χ0v) is 16.8. The molecule has 1 atom stereocenters. The van der Waals surface area contributed by atoms with Gasteiger partial charge in [0.1, 0.15) is 0 Å². The Morgan fingerprint density at radius 3 is 2.08 bits per heavy atom. The molecule has 25 heavy (non-hydrogen) atoms. The van der Waals surface area contributed by atoms with Crippen molar-refractivity contribution in [2.24, 2.45) is 0 Å². The van der Waals surface area contributed by atoms with Crippen molar-refractivity contribution in [2.45, 2.75) is 64.0 Å². The molecule has 1 unspecified atom stereocenters. The van der Waals surface area contributed by atoms with E-state index in [1.54, 1.807) is 11.8 Å². The molecule has 0 spiro atoms. The van der Waals surface area contributed by atoms with Crippen LogP contribution in [0.1, 0.15) is 51.9 Å². The molecule has 0 radical (unpaired) electrons. The highest BCUT2D eigenvalue weighted by molar-refractivity contribution is 7.91. The summed E-state index contributed by atoms with van der Waals surface area (Å²) < 4.78 is 49.3. The van der Waals surface area contributed by atoms with Crippen molar-refractivity contribution < 1.29 is 21.6 Å². The van der Waals surface area contributed by atoms with Gasteiger partial charge in [0.25, 0.3) is 0 Å². The highest BCUT2D eigenvalue weighted by Gasteiger charge is 2.36. The second kappa shape index (κ2) is 8.35. The van der Waals surface area contributed by atoms with Crippen LogP contribution in [0.2, 0.25) is 0 Å². The summed E-state index contributed by atoms with van der Waals surface area (Å²) in [6.07, 6.45) is 7.30. The lowest BCUT2D eigenvalue weighted by Gasteiger charge is -2.33. The van der Waals surface area contributed by atoms with Crippen molar-refractivity contribution in [2.75, 3.05) is 30.9 Å². The molecule has 1 aliphatic carbocycles. The zero-order chi connectivity index (χ0) is 18.7. The first-order chi connectivity index (χ1) is 11.6. The molecule has 1 amide bonds. The van der Waals surface area contributed by atoms with Gasteiger partial charge in [-0.3, -0.25) is 4.79 Å². The SMILES string of the molecule is CCN(C(=O)CN(C1CCCCCC1)S(C)(=O)=O)C1CCS(=O)(=O)C1. The largest absolute Gasteiger partial charge is 0.338 e. The van der Waals surface area contributed by atoms with E-state index in [9.17, 15) is 21.6 Å². The van der Waals surface area contributed by atoms with Gasteiger partial charge in [-0.15, -0.1) is 0 Å². The predicted molar refractivity (Wildman–Crippen MR) is 97.5 cm³/mol. The van der Waals surface area contributed by atoms with Crippen molar-refractivity contribution in [3.8, 4) is 0 Å². The molecule has 2 rings (SSSR count). The van der Waals surface area contributed by atoms with Crippen LogP contribution in [0.15, 0.2) is 0 Å². The third-order valence-electron chi connectivity index (χ3n) is 5.26. The summed E-state index contributed by atoms with van der Waals surface area (Å²) in [5, 5.41) is 0. The van der Waals surface area contributed by atoms with Crippen molar-refractivity contribution in [3.05, 3.63) is 0 Å². The minimum Gasteiger partial charge on any atom is -0.338 e. The lowest BCUT2D eigenvalue weighted by Crippen LogP contribution is -2.50. The Bertz CT molecular complexity index is 667. The number of carbonyl (C=O) groups excluding carboxylic acids is 1. The Kier molecular flexibility index (Phi) is 6.89. The first-order valence-electron chi connectivity index (χ1n) is 9.11. The molecule has 1 saturated heterocycles. The summed E-state index contributed by atoms with van der Waals surface area (Å²) >= 11 is 0. The summed E-state index contributed by atoms with van der Waals surface area (Å²) in [7, 11) is -6.59.